The van der Waals surface area contributed by atoms with Crippen molar-refractivity contribution >= 4 is 0 Å². The number of ether oxygens (including phenoxy) is 1. The number of hydrogen-bond acceptors (Lipinski definition) is 3. The molecule has 0 amide bonds. The van der Waals surface area contributed by atoms with E-state index in [1.54, 1.807) is 7.11 Å². The third kappa shape index (κ3) is 4.60. The lowest BCUT2D eigenvalue weighted by molar-refractivity contribution is 0.412. The molecule has 0 aliphatic heterocycles. The second-order valence-electron chi connectivity index (χ2n) is 6.37. The lowest BCUT2D eigenvalue weighted by atomic mass is 10.1. The van der Waals surface area contributed by atoms with Crippen LogP contribution in [0.3, 0.4) is 0 Å². The number of aromatic nitrogens is 2. The summed E-state index contributed by atoms with van der Waals surface area (Å²) < 4.78 is 7.54. The summed E-state index contributed by atoms with van der Waals surface area (Å²) in [4.78, 5) is 4.59. The Labute approximate surface area is 127 Å². The van der Waals surface area contributed by atoms with Gasteiger partial charge in [0.1, 0.15) is 5.75 Å². The fraction of sp³-hybridized carbons (Fsp3) is 0.471. The number of nitrogens with one attached hydrogen (secondary N) is 1. The van der Waals surface area contributed by atoms with E-state index in [1.807, 2.05) is 19.1 Å². The third-order valence-corrected chi connectivity index (χ3v) is 3.27. The largest absolute Gasteiger partial charge is 0.497 e. The highest BCUT2D eigenvalue weighted by Gasteiger charge is 2.11. The first kappa shape index (κ1) is 15.6. The summed E-state index contributed by atoms with van der Waals surface area (Å²) >= 11 is 0. The maximum absolute atomic E-state index is 5.32. The van der Waals surface area contributed by atoms with Gasteiger partial charge in [-0.1, -0.05) is 0 Å². The van der Waals surface area contributed by atoms with E-state index in [0.29, 0.717) is 0 Å². The smallest absolute Gasteiger partial charge is 0.122 e. The Hall–Kier alpha value is -1.81. The standard InChI is InChI=1S/C17H25N3O/c1-13-9-16(21-5)10-14(19-13)12-20-8-6-7-15(20)11-18-17(2,3)4/h6-10,18H,11-12H2,1-5H3. The van der Waals surface area contributed by atoms with E-state index in [4.69, 9.17) is 4.74 Å². The summed E-state index contributed by atoms with van der Waals surface area (Å²) in [5, 5.41) is 3.52. The van der Waals surface area contributed by atoms with Crippen molar-refractivity contribution in [2.45, 2.75) is 46.3 Å². The van der Waals surface area contributed by atoms with Crippen LogP contribution in [-0.4, -0.2) is 22.2 Å². The van der Waals surface area contributed by atoms with Crippen molar-refractivity contribution in [3.05, 3.63) is 47.5 Å². The number of aryl methyl sites for hydroxylation is 1. The minimum absolute atomic E-state index is 0.111. The van der Waals surface area contributed by atoms with Crippen LogP contribution in [0.1, 0.15) is 37.9 Å². The maximum atomic E-state index is 5.32. The Morgan fingerprint density at radius 3 is 2.71 bits per heavy atom. The van der Waals surface area contributed by atoms with E-state index >= 15 is 0 Å². The lowest BCUT2D eigenvalue weighted by Crippen LogP contribution is -2.35. The molecule has 2 aromatic rings. The van der Waals surface area contributed by atoms with Crippen LogP contribution < -0.4 is 10.1 Å². The molecule has 0 fully saturated rings. The van der Waals surface area contributed by atoms with E-state index in [2.05, 4.69) is 54.0 Å². The monoisotopic (exact) mass is 287 g/mol. The van der Waals surface area contributed by atoms with Crippen LogP contribution in [-0.2, 0) is 13.1 Å². The van der Waals surface area contributed by atoms with Crippen LogP contribution in [0.15, 0.2) is 30.5 Å². The summed E-state index contributed by atoms with van der Waals surface area (Å²) in [6.45, 7) is 10.1. The van der Waals surface area contributed by atoms with Crippen molar-refractivity contribution in [3.8, 4) is 5.75 Å². The van der Waals surface area contributed by atoms with Gasteiger partial charge in [0.05, 0.1) is 19.3 Å². The van der Waals surface area contributed by atoms with E-state index in [0.717, 1.165) is 30.2 Å². The van der Waals surface area contributed by atoms with Gasteiger partial charge in [0, 0.05) is 41.8 Å². The Kier molecular flexibility index (Phi) is 4.68. The van der Waals surface area contributed by atoms with Crippen LogP contribution in [0.5, 0.6) is 5.75 Å². The first-order valence-corrected chi connectivity index (χ1v) is 7.28. The predicted octanol–water partition coefficient (Wildman–Crippen LogP) is 3.14. The highest BCUT2D eigenvalue weighted by atomic mass is 16.5. The van der Waals surface area contributed by atoms with E-state index in [-0.39, 0.29) is 5.54 Å². The summed E-state index contributed by atoms with van der Waals surface area (Å²) in [7, 11) is 1.69. The normalized spacial score (nSPS) is 11.7. The molecule has 2 rings (SSSR count). The molecule has 0 aliphatic rings. The van der Waals surface area contributed by atoms with Crippen LogP contribution in [0.25, 0.3) is 0 Å². The molecule has 0 aromatic carbocycles. The van der Waals surface area contributed by atoms with Crippen LogP contribution >= 0.6 is 0 Å². The maximum Gasteiger partial charge on any atom is 0.122 e. The van der Waals surface area contributed by atoms with E-state index < -0.39 is 0 Å². The topological polar surface area (TPSA) is 39.1 Å². The number of nitrogens with zero attached hydrogens (tertiary/aromatic N) is 2. The first-order valence-electron chi connectivity index (χ1n) is 7.28. The highest BCUT2D eigenvalue weighted by Crippen LogP contribution is 2.15. The third-order valence-electron chi connectivity index (χ3n) is 3.27. The highest BCUT2D eigenvalue weighted by molar-refractivity contribution is 5.27. The Morgan fingerprint density at radius 2 is 2.05 bits per heavy atom. The molecule has 4 nitrogen and oxygen atoms in total. The van der Waals surface area contributed by atoms with Gasteiger partial charge in [-0.25, -0.2) is 0 Å². The minimum atomic E-state index is 0.111. The molecule has 114 valence electrons. The van der Waals surface area contributed by atoms with E-state index in [9.17, 15) is 0 Å². The van der Waals surface area contributed by atoms with Crippen LogP contribution in [0.2, 0.25) is 0 Å². The summed E-state index contributed by atoms with van der Waals surface area (Å²) in [6, 6.07) is 8.16. The molecule has 1 N–H and O–H groups in total. The number of pyridine rings is 1. The van der Waals surface area contributed by atoms with Crippen molar-refractivity contribution in [3.63, 3.8) is 0 Å². The minimum Gasteiger partial charge on any atom is -0.497 e. The summed E-state index contributed by atoms with van der Waals surface area (Å²) in [6.07, 6.45) is 2.09. The van der Waals surface area contributed by atoms with Gasteiger partial charge in [0.25, 0.3) is 0 Å². The first-order chi connectivity index (χ1) is 9.87. The summed E-state index contributed by atoms with van der Waals surface area (Å²) in [5.74, 6) is 0.860. The van der Waals surface area contributed by atoms with Crippen LogP contribution in [0, 0.1) is 6.92 Å². The Balaban J connectivity index is 2.13. The Morgan fingerprint density at radius 1 is 1.29 bits per heavy atom. The number of methoxy groups -OCH3 is 1. The SMILES string of the molecule is COc1cc(C)nc(Cn2cccc2CNC(C)(C)C)c1. The van der Waals surface area contributed by atoms with Gasteiger partial charge >= 0.3 is 0 Å². The fourth-order valence-electron chi connectivity index (χ4n) is 2.20. The lowest BCUT2D eigenvalue weighted by Gasteiger charge is -2.21. The molecule has 0 atom stereocenters. The van der Waals surface area contributed by atoms with Crippen molar-refractivity contribution < 1.29 is 4.74 Å². The van der Waals surface area contributed by atoms with Gasteiger partial charge in [-0.2, -0.15) is 0 Å². The molecule has 0 saturated carbocycles. The number of hydrogen-bond donors (Lipinski definition) is 1. The molecule has 21 heavy (non-hydrogen) atoms. The molecular weight excluding hydrogens is 262 g/mol. The van der Waals surface area contributed by atoms with Crippen molar-refractivity contribution in [2.24, 2.45) is 0 Å². The van der Waals surface area contributed by atoms with Gasteiger partial charge in [-0.3, -0.25) is 4.98 Å². The zero-order valence-electron chi connectivity index (χ0n) is 13.6. The predicted molar refractivity (Wildman–Crippen MR) is 85.7 cm³/mol. The van der Waals surface area contributed by atoms with Gasteiger partial charge in [0.2, 0.25) is 0 Å². The van der Waals surface area contributed by atoms with Crippen molar-refractivity contribution in [1.82, 2.24) is 14.9 Å². The fourth-order valence-corrected chi connectivity index (χ4v) is 2.20. The molecule has 4 heteroatoms. The zero-order chi connectivity index (χ0) is 15.5. The quantitative estimate of drug-likeness (QED) is 0.918. The second kappa shape index (κ2) is 6.31. The molecule has 2 heterocycles. The average molecular weight is 287 g/mol. The average Bonchev–Trinajstić information content (AvgIpc) is 2.82. The van der Waals surface area contributed by atoms with Gasteiger partial charge in [-0.05, 0) is 39.8 Å². The van der Waals surface area contributed by atoms with Crippen LogP contribution in [0.4, 0.5) is 0 Å². The molecule has 0 bridgehead atoms. The molecule has 0 radical (unpaired) electrons. The van der Waals surface area contributed by atoms with Gasteiger partial charge < -0.3 is 14.6 Å². The number of rotatable bonds is 5. The molecular formula is C17H25N3O. The second-order valence-corrected chi connectivity index (χ2v) is 6.37. The Bertz CT molecular complexity index is 596. The van der Waals surface area contributed by atoms with Gasteiger partial charge in [-0.15, -0.1) is 0 Å². The molecule has 0 spiro atoms. The summed E-state index contributed by atoms with van der Waals surface area (Å²) in [5.41, 5.74) is 3.36. The molecule has 0 aliphatic carbocycles. The zero-order valence-corrected chi connectivity index (χ0v) is 13.6. The van der Waals surface area contributed by atoms with Gasteiger partial charge in [0.15, 0.2) is 0 Å². The van der Waals surface area contributed by atoms with E-state index in [1.165, 1.54) is 5.69 Å². The molecule has 0 saturated heterocycles. The van der Waals surface area contributed by atoms with Crippen molar-refractivity contribution in [1.29, 1.82) is 0 Å². The molecule has 0 unspecified atom stereocenters. The van der Waals surface area contributed by atoms with Crippen molar-refractivity contribution in [2.75, 3.05) is 7.11 Å². The molecule has 2 aromatic heterocycles.